The molecule has 1 amide bonds. The number of nitrogens with one attached hydrogen (secondary N) is 1. The molecular weight excluding hydrogens is 374 g/mol. The maximum absolute atomic E-state index is 12.2. The number of hydrogen-bond donors (Lipinski definition) is 1. The van der Waals surface area contributed by atoms with E-state index in [1.807, 2.05) is 24.3 Å². The van der Waals surface area contributed by atoms with Crippen LogP contribution in [0.15, 0.2) is 42.5 Å². The Morgan fingerprint density at radius 2 is 1.38 bits per heavy atom. The Labute approximate surface area is 170 Å². The van der Waals surface area contributed by atoms with Crippen molar-refractivity contribution in [2.45, 2.75) is 27.2 Å². The van der Waals surface area contributed by atoms with Crippen molar-refractivity contribution < 1.29 is 28.6 Å². The predicted molar refractivity (Wildman–Crippen MR) is 108 cm³/mol. The van der Waals surface area contributed by atoms with E-state index in [2.05, 4.69) is 12.2 Å². The zero-order valence-corrected chi connectivity index (χ0v) is 16.8. The van der Waals surface area contributed by atoms with E-state index in [9.17, 15) is 14.4 Å². The molecule has 2 aromatic carbocycles. The molecule has 0 aliphatic carbocycles. The summed E-state index contributed by atoms with van der Waals surface area (Å²) in [5.74, 6) is -1.36. The van der Waals surface area contributed by atoms with Gasteiger partial charge in [-0.15, -0.1) is 0 Å². The molecule has 2 aromatic rings. The molecule has 7 nitrogen and oxygen atoms in total. The van der Waals surface area contributed by atoms with Gasteiger partial charge in [0, 0.05) is 5.69 Å². The zero-order chi connectivity index (χ0) is 21.2. The maximum Gasteiger partial charge on any atom is 0.338 e. The number of ether oxygens (including phenoxy) is 3. The van der Waals surface area contributed by atoms with Gasteiger partial charge in [0.2, 0.25) is 0 Å². The topological polar surface area (TPSA) is 90.9 Å². The number of aryl methyl sites for hydroxylation is 1. The van der Waals surface area contributed by atoms with Crippen LogP contribution in [-0.4, -0.2) is 37.7 Å². The molecule has 7 heteroatoms. The molecule has 0 saturated heterocycles. The van der Waals surface area contributed by atoms with Crippen LogP contribution in [0, 0.1) is 0 Å². The van der Waals surface area contributed by atoms with Gasteiger partial charge in [-0.2, -0.15) is 0 Å². The largest absolute Gasteiger partial charge is 0.484 e. The minimum Gasteiger partial charge on any atom is -0.484 e. The minimum absolute atomic E-state index is 0.142. The molecule has 29 heavy (non-hydrogen) atoms. The Hall–Kier alpha value is -3.35. The summed E-state index contributed by atoms with van der Waals surface area (Å²) in [6.45, 7) is 5.51. The Bertz CT molecular complexity index is 824. The van der Waals surface area contributed by atoms with Crippen molar-refractivity contribution in [3.05, 3.63) is 59.2 Å². The highest BCUT2D eigenvalue weighted by atomic mass is 16.5. The summed E-state index contributed by atoms with van der Waals surface area (Å²) in [6, 6.07) is 11.7. The van der Waals surface area contributed by atoms with Crippen LogP contribution in [0.5, 0.6) is 5.75 Å². The molecular formula is C22H25NO6. The molecule has 0 saturated carbocycles. The summed E-state index contributed by atoms with van der Waals surface area (Å²) < 4.78 is 15.4. The lowest BCUT2D eigenvalue weighted by Crippen LogP contribution is -2.20. The van der Waals surface area contributed by atoms with Crippen molar-refractivity contribution in [1.82, 2.24) is 0 Å². The second-order valence-corrected chi connectivity index (χ2v) is 6.07. The van der Waals surface area contributed by atoms with Crippen LogP contribution in [0.2, 0.25) is 0 Å². The molecule has 0 spiro atoms. The first-order valence-electron chi connectivity index (χ1n) is 9.47. The Morgan fingerprint density at radius 1 is 0.828 bits per heavy atom. The van der Waals surface area contributed by atoms with E-state index >= 15 is 0 Å². The number of amides is 1. The second-order valence-electron chi connectivity index (χ2n) is 6.07. The van der Waals surface area contributed by atoms with Crippen molar-refractivity contribution in [3.63, 3.8) is 0 Å². The zero-order valence-electron chi connectivity index (χ0n) is 16.8. The summed E-state index contributed by atoms with van der Waals surface area (Å²) in [5.41, 5.74) is 2.11. The lowest BCUT2D eigenvalue weighted by molar-refractivity contribution is -0.118. The standard InChI is InChI=1S/C22H25NO6/c1-4-15-7-9-18(10-8-15)23-20(24)14-29-19-12-16(21(25)27-5-2)11-17(13-19)22(26)28-6-3/h7-13H,4-6,14H2,1-3H3,(H,23,24). The third-order valence-electron chi connectivity index (χ3n) is 3.94. The summed E-state index contributed by atoms with van der Waals surface area (Å²) in [5, 5.41) is 2.73. The van der Waals surface area contributed by atoms with Crippen molar-refractivity contribution in [1.29, 1.82) is 0 Å². The predicted octanol–water partition coefficient (Wildman–Crippen LogP) is 3.62. The van der Waals surface area contributed by atoms with Gasteiger partial charge in [-0.1, -0.05) is 19.1 Å². The number of hydrogen-bond acceptors (Lipinski definition) is 6. The van der Waals surface area contributed by atoms with E-state index in [1.54, 1.807) is 13.8 Å². The highest BCUT2D eigenvalue weighted by Crippen LogP contribution is 2.20. The molecule has 154 valence electrons. The molecule has 0 heterocycles. The maximum atomic E-state index is 12.2. The summed E-state index contributed by atoms with van der Waals surface area (Å²) in [6.07, 6.45) is 0.914. The first-order valence-corrected chi connectivity index (χ1v) is 9.47. The van der Waals surface area contributed by atoms with Crippen LogP contribution in [0.1, 0.15) is 47.1 Å². The third-order valence-corrected chi connectivity index (χ3v) is 3.94. The summed E-state index contributed by atoms with van der Waals surface area (Å²) >= 11 is 0. The fraction of sp³-hybridized carbons (Fsp3) is 0.318. The molecule has 2 rings (SSSR count). The van der Waals surface area contributed by atoms with Gasteiger partial charge in [-0.25, -0.2) is 9.59 Å². The second kappa shape index (κ2) is 10.8. The molecule has 0 fully saturated rings. The average Bonchev–Trinajstić information content (AvgIpc) is 2.73. The Balaban J connectivity index is 2.09. The number of esters is 2. The number of anilines is 1. The van der Waals surface area contributed by atoms with Gasteiger partial charge >= 0.3 is 11.9 Å². The highest BCUT2D eigenvalue weighted by molar-refractivity contribution is 5.96. The van der Waals surface area contributed by atoms with Crippen LogP contribution in [-0.2, 0) is 20.7 Å². The average molecular weight is 399 g/mol. The van der Waals surface area contributed by atoms with E-state index in [4.69, 9.17) is 14.2 Å². The SMILES string of the molecule is CCOC(=O)c1cc(OCC(=O)Nc2ccc(CC)cc2)cc(C(=O)OCC)c1. The van der Waals surface area contributed by atoms with Crippen LogP contribution in [0.25, 0.3) is 0 Å². The van der Waals surface area contributed by atoms with Gasteiger partial charge in [0.1, 0.15) is 5.75 Å². The summed E-state index contributed by atoms with van der Waals surface area (Å²) in [7, 11) is 0. The van der Waals surface area contributed by atoms with E-state index in [0.29, 0.717) is 5.69 Å². The van der Waals surface area contributed by atoms with Crippen molar-refractivity contribution in [2.75, 3.05) is 25.1 Å². The monoisotopic (exact) mass is 399 g/mol. The summed E-state index contributed by atoms with van der Waals surface area (Å²) in [4.78, 5) is 36.3. The van der Waals surface area contributed by atoms with Crippen LogP contribution < -0.4 is 10.1 Å². The molecule has 0 atom stereocenters. The lowest BCUT2D eigenvalue weighted by atomic mass is 10.1. The molecule has 0 aliphatic rings. The van der Waals surface area contributed by atoms with Crippen LogP contribution >= 0.6 is 0 Å². The van der Waals surface area contributed by atoms with Gasteiger partial charge < -0.3 is 19.5 Å². The van der Waals surface area contributed by atoms with E-state index in [1.165, 1.54) is 23.8 Å². The Kier molecular flexibility index (Phi) is 8.21. The lowest BCUT2D eigenvalue weighted by Gasteiger charge is -2.11. The van der Waals surface area contributed by atoms with Crippen LogP contribution in [0.4, 0.5) is 5.69 Å². The van der Waals surface area contributed by atoms with Gasteiger partial charge in [0.05, 0.1) is 24.3 Å². The highest BCUT2D eigenvalue weighted by Gasteiger charge is 2.16. The number of carbonyl (C=O) groups excluding carboxylic acids is 3. The smallest absolute Gasteiger partial charge is 0.338 e. The van der Waals surface area contributed by atoms with Gasteiger partial charge in [0.25, 0.3) is 5.91 Å². The Morgan fingerprint density at radius 3 is 1.86 bits per heavy atom. The van der Waals surface area contributed by atoms with Crippen molar-refractivity contribution in [3.8, 4) is 5.75 Å². The van der Waals surface area contributed by atoms with Crippen molar-refractivity contribution in [2.24, 2.45) is 0 Å². The van der Waals surface area contributed by atoms with Gasteiger partial charge in [-0.3, -0.25) is 4.79 Å². The van der Waals surface area contributed by atoms with E-state index in [0.717, 1.165) is 6.42 Å². The molecule has 0 unspecified atom stereocenters. The van der Waals surface area contributed by atoms with Crippen molar-refractivity contribution >= 4 is 23.5 Å². The quantitative estimate of drug-likeness (QED) is 0.648. The molecule has 0 aromatic heterocycles. The number of rotatable bonds is 9. The van der Waals surface area contributed by atoms with E-state index in [-0.39, 0.29) is 42.6 Å². The molecule has 0 bridgehead atoms. The van der Waals surface area contributed by atoms with E-state index < -0.39 is 11.9 Å². The molecule has 0 aliphatic heterocycles. The third kappa shape index (κ3) is 6.64. The molecule has 1 N–H and O–H groups in total. The fourth-order valence-electron chi connectivity index (χ4n) is 2.52. The first kappa shape index (κ1) is 21.9. The normalized spacial score (nSPS) is 10.2. The first-order chi connectivity index (χ1) is 14.0. The number of benzene rings is 2. The van der Waals surface area contributed by atoms with Gasteiger partial charge in [0.15, 0.2) is 6.61 Å². The fourth-order valence-corrected chi connectivity index (χ4v) is 2.52. The minimum atomic E-state index is -0.594. The molecule has 0 radical (unpaired) electrons. The van der Waals surface area contributed by atoms with Crippen LogP contribution in [0.3, 0.4) is 0 Å². The van der Waals surface area contributed by atoms with Gasteiger partial charge in [-0.05, 0) is 56.2 Å². The number of carbonyl (C=O) groups is 3.